The fraction of sp³-hybridized carbons (Fsp3) is 0.0714. The van der Waals surface area contributed by atoms with E-state index in [4.69, 9.17) is 22.6 Å². The lowest BCUT2D eigenvalue weighted by Crippen LogP contribution is -2.26. The first-order chi connectivity index (χ1) is 9.51. The zero-order valence-electron chi connectivity index (χ0n) is 10.7. The third-order valence-corrected chi connectivity index (χ3v) is 2.94. The lowest BCUT2D eigenvalue weighted by molar-refractivity contribution is 0.0993. The zero-order chi connectivity index (χ0) is 14.7. The van der Waals surface area contributed by atoms with Crippen LogP contribution in [0.4, 0.5) is 11.5 Å². The summed E-state index contributed by atoms with van der Waals surface area (Å²) < 4.78 is 0. The second-order valence-corrected chi connectivity index (χ2v) is 4.51. The summed E-state index contributed by atoms with van der Waals surface area (Å²) in [5, 5.41) is 8.92. The molecule has 2 rings (SSSR count). The van der Waals surface area contributed by atoms with Crippen molar-refractivity contribution >= 4 is 29.0 Å². The highest BCUT2D eigenvalue weighted by Crippen LogP contribution is 2.19. The molecule has 2 aromatic rings. The van der Waals surface area contributed by atoms with Crippen LogP contribution in [0.1, 0.15) is 15.9 Å². The molecule has 0 aliphatic rings. The van der Waals surface area contributed by atoms with Gasteiger partial charge < -0.3 is 10.6 Å². The predicted octanol–water partition coefficient (Wildman–Crippen LogP) is 2.47. The summed E-state index contributed by atoms with van der Waals surface area (Å²) in [6, 6.07) is 11.6. The minimum absolute atomic E-state index is 0.168. The Balaban J connectivity index is 2.29. The van der Waals surface area contributed by atoms with Crippen molar-refractivity contribution in [2.24, 2.45) is 0 Å². The van der Waals surface area contributed by atoms with Gasteiger partial charge in [-0.1, -0.05) is 11.6 Å². The SMILES string of the molecule is CN(C(=O)c1cc(N)nc(Cl)c1)c1ccc(C#N)cc1. The molecule has 6 heteroatoms. The van der Waals surface area contributed by atoms with Gasteiger partial charge in [-0.05, 0) is 36.4 Å². The first kappa shape index (κ1) is 13.8. The van der Waals surface area contributed by atoms with Gasteiger partial charge in [0.25, 0.3) is 5.91 Å². The molecule has 100 valence electrons. The number of anilines is 2. The van der Waals surface area contributed by atoms with E-state index in [1.165, 1.54) is 17.0 Å². The third-order valence-electron chi connectivity index (χ3n) is 2.75. The van der Waals surface area contributed by atoms with Crippen molar-refractivity contribution in [3.8, 4) is 6.07 Å². The van der Waals surface area contributed by atoms with E-state index in [-0.39, 0.29) is 16.9 Å². The maximum atomic E-state index is 12.3. The molecule has 0 aliphatic heterocycles. The number of hydrogen-bond acceptors (Lipinski definition) is 4. The Kier molecular flexibility index (Phi) is 3.87. The van der Waals surface area contributed by atoms with Crippen molar-refractivity contribution in [1.29, 1.82) is 5.26 Å². The number of aromatic nitrogens is 1. The molecule has 1 heterocycles. The topological polar surface area (TPSA) is 83.0 Å². The van der Waals surface area contributed by atoms with Crippen LogP contribution in [0.3, 0.4) is 0 Å². The quantitative estimate of drug-likeness (QED) is 0.860. The number of nitriles is 1. The molecular weight excluding hydrogens is 276 g/mol. The van der Waals surface area contributed by atoms with Crippen molar-refractivity contribution in [2.75, 3.05) is 17.7 Å². The predicted molar refractivity (Wildman–Crippen MR) is 77.5 cm³/mol. The van der Waals surface area contributed by atoms with E-state index in [2.05, 4.69) is 4.98 Å². The van der Waals surface area contributed by atoms with Gasteiger partial charge in [0.1, 0.15) is 11.0 Å². The minimum Gasteiger partial charge on any atom is -0.384 e. The minimum atomic E-state index is -0.259. The Hall–Kier alpha value is -2.58. The lowest BCUT2D eigenvalue weighted by Gasteiger charge is -2.17. The van der Waals surface area contributed by atoms with Gasteiger partial charge >= 0.3 is 0 Å². The summed E-state index contributed by atoms with van der Waals surface area (Å²) in [6.45, 7) is 0. The second-order valence-electron chi connectivity index (χ2n) is 4.13. The zero-order valence-corrected chi connectivity index (χ0v) is 11.4. The summed E-state index contributed by atoms with van der Waals surface area (Å²) in [6.07, 6.45) is 0. The van der Waals surface area contributed by atoms with Crippen LogP contribution in [-0.2, 0) is 0 Å². The molecule has 0 bridgehead atoms. The van der Waals surface area contributed by atoms with Crippen LogP contribution < -0.4 is 10.6 Å². The number of nitrogens with zero attached hydrogens (tertiary/aromatic N) is 3. The molecule has 0 atom stereocenters. The lowest BCUT2D eigenvalue weighted by atomic mass is 10.2. The largest absolute Gasteiger partial charge is 0.384 e. The number of carbonyl (C=O) groups excluding carboxylic acids is 1. The van der Waals surface area contributed by atoms with Gasteiger partial charge in [0.15, 0.2) is 0 Å². The van der Waals surface area contributed by atoms with Crippen molar-refractivity contribution in [3.63, 3.8) is 0 Å². The summed E-state index contributed by atoms with van der Waals surface area (Å²) in [5.74, 6) is -0.0696. The highest BCUT2D eigenvalue weighted by atomic mass is 35.5. The summed E-state index contributed by atoms with van der Waals surface area (Å²) in [7, 11) is 1.63. The summed E-state index contributed by atoms with van der Waals surface area (Å²) in [5.41, 5.74) is 7.13. The number of halogens is 1. The summed E-state index contributed by atoms with van der Waals surface area (Å²) >= 11 is 5.79. The number of carbonyl (C=O) groups is 1. The Bertz CT molecular complexity index is 671. The molecule has 2 N–H and O–H groups in total. The smallest absolute Gasteiger partial charge is 0.258 e. The van der Waals surface area contributed by atoms with Gasteiger partial charge in [0, 0.05) is 18.3 Å². The molecule has 1 aromatic heterocycles. The third kappa shape index (κ3) is 2.87. The van der Waals surface area contributed by atoms with E-state index in [9.17, 15) is 4.79 Å². The first-order valence-corrected chi connectivity index (χ1v) is 6.10. The summed E-state index contributed by atoms with van der Waals surface area (Å²) in [4.78, 5) is 17.6. The number of rotatable bonds is 2. The Morgan fingerprint density at radius 2 is 2.00 bits per heavy atom. The molecule has 0 aliphatic carbocycles. The molecule has 0 fully saturated rings. The van der Waals surface area contributed by atoms with Gasteiger partial charge in [0.05, 0.1) is 11.6 Å². The van der Waals surface area contributed by atoms with Gasteiger partial charge in [-0.25, -0.2) is 4.98 Å². The van der Waals surface area contributed by atoms with Gasteiger partial charge in [-0.3, -0.25) is 4.79 Å². The van der Waals surface area contributed by atoms with E-state index in [1.54, 1.807) is 31.3 Å². The maximum absolute atomic E-state index is 12.3. The second kappa shape index (κ2) is 5.59. The standard InChI is InChI=1S/C14H11ClN4O/c1-19(11-4-2-9(8-16)3-5-11)14(20)10-6-12(15)18-13(17)7-10/h2-7H,1H3,(H2,17,18). The number of benzene rings is 1. The van der Waals surface area contributed by atoms with E-state index >= 15 is 0 Å². The number of nitrogens with two attached hydrogens (primary N) is 1. The number of hydrogen-bond donors (Lipinski definition) is 1. The van der Waals surface area contributed by atoms with Crippen LogP contribution in [0.15, 0.2) is 36.4 Å². The van der Waals surface area contributed by atoms with Crippen LogP contribution in [0.5, 0.6) is 0 Å². The van der Waals surface area contributed by atoms with Gasteiger partial charge in [0.2, 0.25) is 0 Å². The van der Waals surface area contributed by atoms with Crippen LogP contribution in [0.2, 0.25) is 5.15 Å². The number of amides is 1. The Morgan fingerprint density at radius 3 is 2.55 bits per heavy atom. The Morgan fingerprint density at radius 1 is 1.35 bits per heavy atom. The van der Waals surface area contributed by atoms with Crippen LogP contribution in [0.25, 0.3) is 0 Å². The Labute approximate surface area is 121 Å². The average molecular weight is 287 g/mol. The fourth-order valence-electron chi connectivity index (χ4n) is 1.71. The molecule has 5 nitrogen and oxygen atoms in total. The number of nitrogen functional groups attached to an aromatic ring is 1. The molecule has 0 saturated heterocycles. The number of pyridine rings is 1. The molecule has 20 heavy (non-hydrogen) atoms. The van der Waals surface area contributed by atoms with Gasteiger partial charge in [-0.15, -0.1) is 0 Å². The molecule has 1 aromatic carbocycles. The molecule has 0 saturated carbocycles. The monoisotopic (exact) mass is 286 g/mol. The van der Waals surface area contributed by atoms with Crippen LogP contribution in [0, 0.1) is 11.3 Å². The molecular formula is C14H11ClN4O. The molecule has 0 unspecified atom stereocenters. The normalized spacial score (nSPS) is 9.85. The van der Waals surface area contributed by atoms with Crippen molar-refractivity contribution in [2.45, 2.75) is 0 Å². The molecule has 1 amide bonds. The van der Waals surface area contributed by atoms with Gasteiger partial charge in [-0.2, -0.15) is 5.26 Å². The highest BCUT2D eigenvalue weighted by Gasteiger charge is 2.15. The van der Waals surface area contributed by atoms with Crippen molar-refractivity contribution in [1.82, 2.24) is 4.98 Å². The first-order valence-electron chi connectivity index (χ1n) is 5.72. The maximum Gasteiger partial charge on any atom is 0.258 e. The van der Waals surface area contributed by atoms with Crippen molar-refractivity contribution in [3.05, 3.63) is 52.7 Å². The van der Waals surface area contributed by atoms with E-state index in [0.717, 1.165) is 0 Å². The molecule has 0 radical (unpaired) electrons. The fourth-order valence-corrected chi connectivity index (χ4v) is 1.93. The van der Waals surface area contributed by atoms with E-state index in [1.807, 2.05) is 6.07 Å². The van der Waals surface area contributed by atoms with E-state index in [0.29, 0.717) is 16.8 Å². The van der Waals surface area contributed by atoms with E-state index < -0.39 is 0 Å². The van der Waals surface area contributed by atoms with Crippen LogP contribution in [-0.4, -0.2) is 17.9 Å². The highest BCUT2D eigenvalue weighted by molar-refractivity contribution is 6.30. The average Bonchev–Trinajstić information content (AvgIpc) is 2.45. The van der Waals surface area contributed by atoms with Crippen molar-refractivity contribution < 1.29 is 4.79 Å². The molecule has 0 spiro atoms. The van der Waals surface area contributed by atoms with Crippen LogP contribution >= 0.6 is 11.6 Å².